The monoisotopic (exact) mass is 275 g/mol. The average Bonchev–Trinajstić information content (AvgIpc) is 2.87. The molecule has 3 nitrogen and oxygen atoms in total. The number of hydrogen-bond donors (Lipinski definition) is 0. The molecule has 2 rings (SSSR count). The summed E-state index contributed by atoms with van der Waals surface area (Å²) in [5.41, 5.74) is 0.679. The molecule has 1 fully saturated rings. The SMILES string of the molecule is CCCC1CCN(CCOc2ccccc2C(C)=O)C1. The molecule has 0 aromatic heterocycles. The molecule has 0 saturated carbocycles. The Morgan fingerprint density at radius 2 is 2.20 bits per heavy atom. The molecule has 1 aromatic carbocycles. The molecule has 0 spiro atoms. The second-order valence-electron chi connectivity index (χ2n) is 5.64. The highest BCUT2D eigenvalue weighted by molar-refractivity contribution is 5.96. The minimum Gasteiger partial charge on any atom is -0.491 e. The lowest BCUT2D eigenvalue weighted by Gasteiger charge is -2.17. The van der Waals surface area contributed by atoms with Gasteiger partial charge in [-0.2, -0.15) is 0 Å². The summed E-state index contributed by atoms with van der Waals surface area (Å²) in [7, 11) is 0. The smallest absolute Gasteiger partial charge is 0.163 e. The van der Waals surface area contributed by atoms with Crippen molar-refractivity contribution in [2.75, 3.05) is 26.2 Å². The number of likely N-dealkylation sites (tertiary alicyclic amines) is 1. The van der Waals surface area contributed by atoms with E-state index in [1.165, 1.54) is 32.4 Å². The third-order valence-electron chi connectivity index (χ3n) is 4.00. The molecule has 1 atom stereocenters. The summed E-state index contributed by atoms with van der Waals surface area (Å²) < 4.78 is 5.79. The van der Waals surface area contributed by atoms with Gasteiger partial charge in [0.2, 0.25) is 0 Å². The maximum absolute atomic E-state index is 11.5. The Morgan fingerprint density at radius 1 is 1.40 bits per heavy atom. The maximum Gasteiger partial charge on any atom is 0.163 e. The van der Waals surface area contributed by atoms with Crippen LogP contribution in [-0.2, 0) is 0 Å². The van der Waals surface area contributed by atoms with Crippen LogP contribution in [0.25, 0.3) is 0 Å². The van der Waals surface area contributed by atoms with E-state index in [2.05, 4.69) is 11.8 Å². The largest absolute Gasteiger partial charge is 0.491 e. The van der Waals surface area contributed by atoms with E-state index in [1.807, 2.05) is 24.3 Å². The van der Waals surface area contributed by atoms with Crippen LogP contribution in [0.5, 0.6) is 5.75 Å². The molecule has 1 aromatic rings. The first-order valence-corrected chi connectivity index (χ1v) is 7.65. The van der Waals surface area contributed by atoms with Gasteiger partial charge in [-0.3, -0.25) is 9.69 Å². The van der Waals surface area contributed by atoms with Gasteiger partial charge in [0.05, 0.1) is 5.56 Å². The number of ether oxygens (including phenoxy) is 1. The summed E-state index contributed by atoms with van der Waals surface area (Å²) in [5.74, 6) is 1.64. The van der Waals surface area contributed by atoms with E-state index in [-0.39, 0.29) is 5.78 Å². The van der Waals surface area contributed by atoms with Crippen LogP contribution in [0.3, 0.4) is 0 Å². The number of nitrogens with zero attached hydrogens (tertiary/aromatic N) is 1. The number of Topliss-reactive ketones (excluding diaryl/α,β-unsaturated/α-hetero) is 1. The fraction of sp³-hybridized carbons (Fsp3) is 0.588. The summed E-state index contributed by atoms with van der Waals surface area (Å²) in [6.45, 7) is 7.83. The molecule has 1 saturated heterocycles. The molecule has 0 radical (unpaired) electrons. The topological polar surface area (TPSA) is 29.5 Å². The zero-order chi connectivity index (χ0) is 14.4. The third-order valence-corrected chi connectivity index (χ3v) is 4.00. The van der Waals surface area contributed by atoms with Crippen LogP contribution in [0.1, 0.15) is 43.5 Å². The summed E-state index contributed by atoms with van der Waals surface area (Å²) in [6.07, 6.45) is 3.93. The molecule has 1 heterocycles. The number of ketones is 1. The fourth-order valence-corrected chi connectivity index (χ4v) is 2.93. The molecular weight excluding hydrogens is 250 g/mol. The van der Waals surface area contributed by atoms with Crippen molar-refractivity contribution in [2.24, 2.45) is 5.92 Å². The van der Waals surface area contributed by atoms with Gasteiger partial charge in [-0.15, -0.1) is 0 Å². The molecule has 0 N–H and O–H groups in total. The van der Waals surface area contributed by atoms with Crippen molar-refractivity contribution in [3.05, 3.63) is 29.8 Å². The van der Waals surface area contributed by atoms with E-state index < -0.39 is 0 Å². The zero-order valence-electron chi connectivity index (χ0n) is 12.6. The molecule has 3 heteroatoms. The highest BCUT2D eigenvalue weighted by Gasteiger charge is 2.21. The maximum atomic E-state index is 11.5. The number of benzene rings is 1. The number of carbonyl (C=O) groups excluding carboxylic acids is 1. The van der Waals surface area contributed by atoms with Crippen LogP contribution < -0.4 is 4.74 Å². The van der Waals surface area contributed by atoms with Gasteiger partial charge in [0.25, 0.3) is 0 Å². The number of hydrogen-bond acceptors (Lipinski definition) is 3. The van der Waals surface area contributed by atoms with E-state index in [9.17, 15) is 4.79 Å². The molecular formula is C17H25NO2. The lowest BCUT2D eigenvalue weighted by molar-refractivity contribution is 0.101. The lowest BCUT2D eigenvalue weighted by atomic mass is 10.0. The van der Waals surface area contributed by atoms with E-state index in [4.69, 9.17) is 4.74 Å². The summed E-state index contributed by atoms with van der Waals surface area (Å²) in [6, 6.07) is 7.49. The quantitative estimate of drug-likeness (QED) is 0.714. The van der Waals surface area contributed by atoms with Gasteiger partial charge in [-0.1, -0.05) is 25.5 Å². The zero-order valence-corrected chi connectivity index (χ0v) is 12.6. The second-order valence-corrected chi connectivity index (χ2v) is 5.64. The highest BCUT2D eigenvalue weighted by atomic mass is 16.5. The number of carbonyl (C=O) groups is 1. The molecule has 1 aliphatic heterocycles. The van der Waals surface area contributed by atoms with Gasteiger partial charge in [-0.05, 0) is 44.4 Å². The molecule has 0 amide bonds. The molecule has 0 aliphatic carbocycles. The van der Waals surface area contributed by atoms with Crippen molar-refractivity contribution in [2.45, 2.75) is 33.1 Å². The molecule has 20 heavy (non-hydrogen) atoms. The van der Waals surface area contributed by atoms with Crippen LogP contribution >= 0.6 is 0 Å². The van der Waals surface area contributed by atoms with Crippen LogP contribution in [0, 0.1) is 5.92 Å². The van der Waals surface area contributed by atoms with Crippen molar-refractivity contribution in [1.29, 1.82) is 0 Å². The van der Waals surface area contributed by atoms with Gasteiger partial charge in [0, 0.05) is 13.1 Å². The summed E-state index contributed by atoms with van der Waals surface area (Å²) in [4.78, 5) is 14.0. The van der Waals surface area contributed by atoms with Crippen LogP contribution in [0.2, 0.25) is 0 Å². The van der Waals surface area contributed by atoms with Crippen molar-refractivity contribution >= 4 is 5.78 Å². The first kappa shape index (κ1) is 15.0. The van der Waals surface area contributed by atoms with Crippen molar-refractivity contribution in [1.82, 2.24) is 4.90 Å². The van der Waals surface area contributed by atoms with Gasteiger partial charge < -0.3 is 4.74 Å². The molecule has 1 unspecified atom stereocenters. The predicted octanol–water partition coefficient (Wildman–Crippen LogP) is 3.39. The van der Waals surface area contributed by atoms with Gasteiger partial charge in [0.1, 0.15) is 12.4 Å². The predicted molar refractivity (Wildman–Crippen MR) is 81.4 cm³/mol. The summed E-state index contributed by atoms with van der Waals surface area (Å²) in [5, 5.41) is 0. The standard InChI is InChI=1S/C17H25NO2/c1-3-6-15-9-10-18(13-15)11-12-20-17-8-5-4-7-16(17)14(2)19/h4-5,7-8,15H,3,6,9-13H2,1-2H3. The molecule has 110 valence electrons. The lowest BCUT2D eigenvalue weighted by Crippen LogP contribution is -2.26. The fourth-order valence-electron chi connectivity index (χ4n) is 2.93. The average molecular weight is 275 g/mol. The minimum absolute atomic E-state index is 0.0600. The summed E-state index contributed by atoms with van der Waals surface area (Å²) >= 11 is 0. The van der Waals surface area contributed by atoms with Crippen molar-refractivity contribution < 1.29 is 9.53 Å². The number of para-hydroxylation sites is 1. The Labute approximate surface area is 121 Å². The van der Waals surface area contributed by atoms with E-state index in [0.717, 1.165) is 12.5 Å². The third kappa shape index (κ3) is 4.07. The van der Waals surface area contributed by atoms with E-state index >= 15 is 0 Å². The van der Waals surface area contributed by atoms with Crippen LogP contribution in [-0.4, -0.2) is 36.9 Å². The second kappa shape index (κ2) is 7.44. The Hall–Kier alpha value is -1.35. The highest BCUT2D eigenvalue weighted by Crippen LogP contribution is 2.21. The Balaban J connectivity index is 1.78. The first-order chi connectivity index (χ1) is 9.70. The van der Waals surface area contributed by atoms with Gasteiger partial charge in [-0.25, -0.2) is 0 Å². The Bertz CT molecular complexity index is 444. The first-order valence-electron chi connectivity index (χ1n) is 7.65. The van der Waals surface area contributed by atoms with Crippen LogP contribution in [0.4, 0.5) is 0 Å². The van der Waals surface area contributed by atoms with Gasteiger partial charge in [0.15, 0.2) is 5.78 Å². The Morgan fingerprint density at radius 3 is 2.95 bits per heavy atom. The molecule has 1 aliphatic rings. The van der Waals surface area contributed by atoms with E-state index in [0.29, 0.717) is 17.9 Å². The van der Waals surface area contributed by atoms with E-state index in [1.54, 1.807) is 6.92 Å². The normalized spacial score (nSPS) is 19.2. The van der Waals surface area contributed by atoms with Crippen molar-refractivity contribution in [3.8, 4) is 5.75 Å². The number of rotatable bonds is 7. The van der Waals surface area contributed by atoms with Gasteiger partial charge >= 0.3 is 0 Å². The van der Waals surface area contributed by atoms with Crippen LogP contribution in [0.15, 0.2) is 24.3 Å². The molecule has 0 bridgehead atoms. The Kier molecular flexibility index (Phi) is 5.60. The van der Waals surface area contributed by atoms with Crippen molar-refractivity contribution in [3.63, 3.8) is 0 Å². The minimum atomic E-state index is 0.0600.